The fraction of sp³-hybridized carbons (Fsp3) is 0.235. The number of nitrogens with zero attached hydrogens (tertiary/aromatic N) is 1. The molecule has 28 heavy (non-hydrogen) atoms. The molecule has 0 aliphatic carbocycles. The van der Waals surface area contributed by atoms with Gasteiger partial charge in [0, 0.05) is 33.4 Å². The summed E-state index contributed by atoms with van der Waals surface area (Å²) in [5, 5.41) is 11.0. The van der Waals surface area contributed by atoms with Crippen LogP contribution in [0.3, 0.4) is 0 Å². The molecule has 1 aliphatic rings. The molecule has 0 unspecified atom stereocenters. The molecular weight excluding hydrogens is 422 g/mol. The first-order chi connectivity index (χ1) is 13.0. The minimum absolute atomic E-state index is 0.145. The third kappa shape index (κ3) is 4.54. The molecule has 0 spiro atoms. The number of amides is 1. The SMILES string of the molecule is Cc1nc2c(c(-c3ccc(Cl)cc3Cl)c1CN)C(=O)NC2.O=C(O)C(F)(F)F. The molecule has 0 saturated heterocycles. The molecule has 150 valence electrons. The number of aliphatic carboxylic acids is 1. The number of carboxylic acid groups (broad SMARTS) is 1. The maximum atomic E-state index is 12.2. The first-order valence-electron chi connectivity index (χ1n) is 7.73. The maximum Gasteiger partial charge on any atom is 0.490 e. The first kappa shape index (κ1) is 21.9. The third-order valence-electron chi connectivity index (χ3n) is 3.87. The van der Waals surface area contributed by atoms with Crippen LogP contribution in [-0.4, -0.2) is 28.1 Å². The Kier molecular flexibility index (Phi) is 6.53. The Balaban J connectivity index is 0.000000345. The Morgan fingerprint density at radius 3 is 2.43 bits per heavy atom. The number of benzene rings is 1. The predicted molar refractivity (Wildman–Crippen MR) is 97.2 cm³/mol. The van der Waals surface area contributed by atoms with Crippen molar-refractivity contribution in [1.29, 1.82) is 0 Å². The number of rotatable bonds is 2. The Morgan fingerprint density at radius 1 is 1.32 bits per heavy atom. The van der Waals surface area contributed by atoms with Gasteiger partial charge >= 0.3 is 12.1 Å². The highest BCUT2D eigenvalue weighted by atomic mass is 35.5. The first-order valence-corrected chi connectivity index (χ1v) is 8.49. The van der Waals surface area contributed by atoms with Gasteiger partial charge in [0.1, 0.15) is 0 Å². The number of carbonyl (C=O) groups is 2. The normalized spacial score (nSPS) is 12.8. The van der Waals surface area contributed by atoms with Gasteiger partial charge in [-0.2, -0.15) is 13.2 Å². The van der Waals surface area contributed by atoms with E-state index in [1.807, 2.05) is 13.0 Å². The van der Waals surface area contributed by atoms with Crippen molar-refractivity contribution < 1.29 is 27.9 Å². The molecular formula is C17H14Cl2F3N3O3. The number of nitrogens with two attached hydrogens (primary N) is 1. The molecule has 2 heterocycles. The Hall–Kier alpha value is -2.36. The number of fused-ring (bicyclic) bond motifs is 1. The average Bonchev–Trinajstić information content (AvgIpc) is 2.94. The smallest absolute Gasteiger partial charge is 0.475 e. The zero-order valence-electron chi connectivity index (χ0n) is 14.3. The van der Waals surface area contributed by atoms with Gasteiger partial charge < -0.3 is 16.2 Å². The van der Waals surface area contributed by atoms with E-state index in [9.17, 15) is 18.0 Å². The van der Waals surface area contributed by atoms with E-state index in [0.29, 0.717) is 22.2 Å². The molecule has 11 heteroatoms. The van der Waals surface area contributed by atoms with E-state index in [2.05, 4.69) is 10.3 Å². The molecule has 1 aromatic heterocycles. The lowest BCUT2D eigenvalue weighted by Crippen LogP contribution is -2.21. The number of hydrogen-bond donors (Lipinski definition) is 3. The second-order valence-electron chi connectivity index (χ2n) is 5.69. The van der Waals surface area contributed by atoms with Crippen LogP contribution in [0.2, 0.25) is 10.0 Å². The van der Waals surface area contributed by atoms with Gasteiger partial charge in [-0.25, -0.2) is 4.79 Å². The quantitative estimate of drug-likeness (QED) is 0.666. The summed E-state index contributed by atoms with van der Waals surface area (Å²) in [7, 11) is 0. The average molecular weight is 436 g/mol. The third-order valence-corrected chi connectivity index (χ3v) is 4.42. The zero-order chi connectivity index (χ0) is 21.2. The highest BCUT2D eigenvalue weighted by Gasteiger charge is 2.38. The second-order valence-corrected chi connectivity index (χ2v) is 6.53. The van der Waals surface area contributed by atoms with Gasteiger partial charge in [-0.05, 0) is 24.6 Å². The molecule has 1 aliphatic heterocycles. The van der Waals surface area contributed by atoms with Gasteiger partial charge in [0.15, 0.2) is 0 Å². The summed E-state index contributed by atoms with van der Waals surface area (Å²) in [4.78, 5) is 25.5. The monoisotopic (exact) mass is 435 g/mol. The maximum absolute atomic E-state index is 12.2. The van der Waals surface area contributed by atoms with Crippen molar-refractivity contribution in [3.63, 3.8) is 0 Å². The number of hydrogen-bond acceptors (Lipinski definition) is 4. The van der Waals surface area contributed by atoms with Crippen LogP contribution in [0, 0.1) is 6.92 Å². The summed E-state index contributed by atoms with van der Waals surface area (Å²) in [6, 6.07) is 5.22. The lowest BCUT2D eigenvalue weighted by atomic mass is 9.93. The van der Waals surface area contributed by atoms with E-state index < -0.39 is 12.1 Å². The minimum Gasteiger partial charge on any atom is -0.475 e. The fourth-order valence-electron chi connectivity index (χ4n) is 2.67. The van der Waals surface area contributed by atoms with Crippen molar-refractivity contribution in [3.05, 3.63) is 50.8 Å². The van der Waals surface area contributed by atoms with Gasteiger partial charge in [0.25, 0.3) is 5.91 Å². The van der Waals surface area contributed by atoms with Crippen LogP contribution in [0.25, 0.3) is 11.1 Å². The summed E-state index contributed by atoms with van der Waals surface area (Å²) in [5.74, 6) is -2.90. The number of carbonyl (C=O) groups excluding carboxylic acids is 1. The van der Waals surface area contributed by atoms with E-state index in [1.165, 1.54) is 0 Å². The van der Waals surface area contributed by atoms with Gasteiger partial charge in [0.05, 0.1) is 17.8 Å². The lowest BCUT2D eigenvalue weighted by molar-refractivity contribution is -0.192. The summed E-state index contributed by atoms with van der Waals surface area (Å²) in [6.07, 6.45) is -5.08. The van der Waals surface area contributed by atoms with Crippen LogP contribution >= 0.6 is 23.2 Å². The molecule has 3 rings (SSSR count). The number of halogens is 5. The van der Waals surface area contributed by atoms with Crippen LogP contribution in [0.1, 0.15) is 27.3 Å². The fourth-order valence-corrected chi connectivity index (χ4v) is 3.17. The highest BCUT2D eigenvalue weighted by molar-refractivity contribution is 6.36. The molecule has 1 amide bonds. The molecule has 4 N–H and O–H groups in total. The van der Waals surface area contributed by atoms with Gasteiger partial charge in [-0.3, -0.25) is 9.78 Å². The Labute approximate surface area is 167 Å². The van der Waals surface area contributed by atoms with Gasteiger partial charge in [0.2, 0.25) is 0 Å². The molecule has 0 fully saturated rings. The summed E-state index contributed by atoms with van der Waals surface area (Å²) < 4.78 is 31.7. The van der Waals surface area contributed by atoms with Crippen molar-refractivity contribution in [3.8, 4) is 11.1 Å². The van der Waals surface area contributed by atoms with Crippen molar-refractivity contribution in [2.24, 2.45) is 5.73 Å². The highest BCUT2D eigenvalue weighted by Crippen LogP contribution is 2.38. The van der Waals surface area contributed by atoms with E-state index in [0.717, 1.165) is 28.1 Å². The predicted octanol–water partition coefficient (Wildman–Crippen LogP) is 3.70. The van der Waals surface area contributed by atoms with Crippen molar-refractivity contribution in [2.75, 3.05) is 0 Å². The standard InChI is InChI=1S/C15H13Cl2N3O.C2HF3O2/c1-7-10(5-18)13(9-3-2-8(16)4-11(9)17)14-12(20-7)6-19-15(14)21;3-2(4,5)1(6)7/h2-4H,5-6,18H2,1H3,(H,19,21);(H,6,7). The Bertz CT molecular complexity index is 949. The summed E-state index contributed by atoms with van der Waals surface area (Å²) in [6.45, 7) is 2.60. The molecule has 0 radical (unpaired) electrons. The number of carboxylic acids is 1. The number of aryl methyl sites for hydroxylation is 1. The topological polar surface area (TPSA) is 105 Å². The van der Waals surface area contributed by atoms with Crippen LogP contribution in [-0.2, 0) is 17.9 Å². The van der Waals surface area contributed by atoms with Crippen LogP contribution in [0.15, 0.2) is 18.2 Å². The molecule has 1 aromatic carbocycles. The van der Waals surface area contributed by atoms with Crippen molar-refractivity contribution in [1.82, 2.24) is 10.3 Å². The van der Waals surface area contributed by atoms with E-state index in [-0.39, 0.29) is 12.5 Å². The minimum atomic E-state index is -5.08. The van der Waals surface area contributed by atoms with Crippen LogP contribution < -0.4 is 11.1 Å². The zero-order valence-corrected chi connectivity index (χ0v) is 15.8. The van der Waals surface area contributed by atoms with E-state index in [1.54, 1.807) is 12.1 Å². The van der Waals surface area contributed by atoms with E-state index in [4.69, 9.17) is 38.8 Å². The number of nitrogens with one attached hydrogen (secondary N) is 1. The summed E-state index contributed by atoms with van der Waals surface area (Å²) >= 11 is 12.3. The number of pyridine rings is 1. The second kappa shape index (κ2) is 8.34. The van der Waals surface area contributed by atoms with E-state index >= 15 is 0 Å². The lowest BCUT2D eigenvalue weighted by Gasteiger charge is -2.16. The summed E-state index contributed by atoms with van der Waals surface area (Å²) in [5.41, 5.74) is 10.3. The van der Waals surface area contributed by atoms with Crippen LogP contribution in [0.5, 0.6) is 0 Å². The molecule has 6 nitrogen and oxygen atoms in total. The van der Waals surface area contributed by atoms with Crippen molar-refractivity contribution in [2.45, 2.75) is 26.2 Å². The largest absolute Gasteiger partial charge is 0.490 e. The molecule has 2 aromatic rings. The molecule has 0 saturated carbocycles. The number of aromatic nitrogens is 1. The van der Waals surface area contributed by atoms with Crippen LogP contribution in [0.4, 0.5) is 13.2 Å². The van der Waals surface area contributed by atoms with Crippen molar-refractivity contribution >= 4 is 35.1 Å². The van der Waals surface area contributed by atoms with Gasteiger partial charge in [-0.15, -0.1) is 0 Å². The van der Waals surface area contributed by atoms with Gasteiger partial charge in [-0.1, -0.05) is 29.3 Å². The molecule has 0 bridgehead atoms. The molecule has 0 atom stereocenters. The Morgan fingerprint density at radius 2 is 1.93 bits per heavy atom. The number of alkyl halides is 3.